The molecule has 2 heterocycles. The maximum absolute atomic E-state index is 12.6. The molecule has 0 saturated carbocycles. The molecule has 0 aliphatic heterocycles. The topological polar surface area (TPSA) is 59.8 Å². The fraction of sp³-hybridized carbons (Fsp3) is 0.435. The molecule has 1 aliphatic rings. The molecule has 8 heteroatoms. The Morgan fingerprint density at radius 2 is 2.19 bits per heavy atom. The first-order chi connectivity index (χ1) is 14.8. The van der Waals surface area contributed by atoms with Crippen LogP contribution in [-0.4, -0.2) is 26.4 Å². The second-order valence-corrected chi connectivity index (χ2v) is 10.8. The number of hydrogen-bond donors (Lipinski definition) is 1. The van der Waals surface area contributed by atoms with Gasteiger partial charge in [-0.2, -0.15) is 0 Å². The van der Waals surface area contributed by atoms with Gasteiger partial charge in [-0.15, -0.1) is 21.5 Å². The number of nitrogens with one attached hydrogen (secondary N) is 1. The number of carbonyl (C=O) groups excluding carboxylic acids is 1. The van der Waals surface area contributed by atoms with E-state index in [0.717, 1.165) is 41.0 Å². The van der Waals surface area contributed by atoms with Gasteiger partial charge in [0.15, 0.2) is 11.0 Å². The van der Waals surface area contributed by atoms with Crippen LogP contribution in [0, 0.1) is 12.8 Å². The van der Waals surface area contributed by atoms with Gasteiger partial charge in [-0.1, -0.05) is 36.4 Å². The predicted octanol–water partition coefficient (Wildman–Crippen LogP) is 6.40. The minimum atomic E-state index is -0.0860. The molecule has 0 spiro atoms. The van der Waals surface area contributed by atoms with E-state index in [1.54, 1.807) is 6.07 Å². The van der Waals surface area contributed by atoms with Crippen LogP contribution >= 0.6 is 34.7 Å². The van der Waals surface area contributed by atoms with Crippen LogP contribution in [0.25, 0.3) is 11.4 Å². The summed E-state index contributed by atoms with van der Waals surface area (Å²) in [7, 11) is 0. The third-order valence-corrected chi connectivity index (χ3v) is 7.86. The first kappa shape index (κ1) is 22.4. The van der Waals surface area contributed by atoms with Crippen LogP contribution in [-0.2, 0) is 17.6 Å². The Labute approximate surface area is 196 Å². The number of anilines is 1. The SMILES string of the molecule is Cc1ccc(Cl)cc1NC(=O)CSc1nnc(-c2csc3c2CCC(C)C3)n1C(C)C. The molecule has 0 fully saturated rings. The summed E-state index contributed by atoms with van der Waals surface area (Å²) >= 11 is 9.32. The van der Waals surface area contributed by atoms with E-state index in [4.69, 9.17) is 11.6 Å². The van der Waals surface area contributed by atoms with Crippen LogP contribution < -0.4 is 5.32 Å². The van der Waals surface area contributed by atoms with E-state index in [0.29, 0.717) is 5.02 Å². The number of rotatable bonds is 6. The lowest BCUT2D eigenvalue weighted by Crippen LogP contribution is -2.16. The van der Waals surface area contributed by atoms with Crippen molar-refractivity contribution in [2.45, 2.75) is 58.2 Å². The Kier molecular flexibility index (Phi) is 6.74. The minimum Gasteiger partial charge on any atom is -0.325 e. The number of benzene rings is 1. The van der Waals surface area contributed by atoms with E-state index < -0.39 is 0 Å². The molecule has 4 rings (SSSR count). The lowest BCUT2D eigenvalue weighted by molar-refractivity contribution is -0.113. The summed E-state index contributed by atoms with van der Waals surface area (Å²) in [4.78, 5) is 14.0. The third-order valence-electron chi connectivity index (χ3n) is 5.63. The number of halogens is 1. The van der Waals surface area contributed by atoms with Gasteiger partial charge >= 0.3 is 0 Å². The van der Waals surface area contributed by atoms with Gasteiger partial charge in [0.05, 0.1) is 5.75 Å². The molecular weight excluding hydrogens is 448 g/mol. The van der Waals surface area contributed by atoms with E-state index in [2.05, 4.69) is 46.2 Å². The van der Waals surface area contributed by atoms with Gasteiger partial charge in [-0.05, 0) is 69.2 Å². The number of aryl methyl sites for hydroxylation is 1. The summed E-state index contributed by atoms with van der Waals surface area (Å²) in [6.45, 7) is 8.53. The van der Waals surface area contributed by atoms with Crippen molar-refractivity contribution in [2.24, 2.45) is 5.92 Å². The molecular formula is C23H27ClN4OS2. The molecule has 31 heavy (non-hydrogen) atoms. The van der Waals surface area contributed by atoms with Crippen LogP contribution in [0.2, 0.25) is 5.02 Å². The highest BCUT2D eigenvalue weighted by Gasteiger charge is 2.25. The van der Waals surface area contributed by atoms with E-state index in [9.17, 15) is 4.79 Å². The maximum Gasteiger partial charge on any atom is 0.234 e. The highest BCUT2D eigenvalue weighted by molar-refractivity contribution is 7.99. The van der Waals surface area contributed by atoms with Crippen molar-refractivity contribution < 1.29 is 4.79 Å². The largest absolute Gasteiger partial charge is 0.325 e. The average Bonchev–Trinajstić information content (AvgIpc) is 3.32. The average molecular weight is 475 g/mol. The Hall–Kier alpha value is -1.83. The van der Waals surface area contributed by atoms with Crippen molar-refractivity contribution in [3.63, 3.8) is 0 Å². The highest BCUT2D eigenvalue weighted by atomic mass is 35.5. The zero-order valence-electron chi connectivity index (χ0n) is 18.2. The van der Waals surface area contributed by atoms with Crippen LogP contribution in [0.1, 0.15) is 49.2 Å². The van der Waals surface area contributed by atoms with Crippen LogP contribution in [0.4, 0.5) is 5.69 Å². The molecule has 1 amide bonds. The predicted molar refractivity (Wildman–Crippen MR) is 130 cm³/mol. The fourth-order valence-electron chi connectivity index (χ4n) is 3.93. The summed E-state index contributed by atoms with van der Waals surface area (Å²) in [6.07, 6.45) is 3.47. The maximum atomic E-state index is 12.6. The van der Waals surface area contributed by atoms with E-state index >= 15 is 0 Å². The summed E-state index contributed by atoms with van der Waals surface area (Å²) in [6, 6.07) is 5.69. The van der Waals surface area contributed by atoms with Gasteiger partial charge in [0.2, 0.25) is 5.91 Å². The second-order valence-electron chi connectivity index (χ2n) is 8.47. The number of hydrogen-bond acceptors (Lipinski definition) is 5. The monoisotopic (exact) mass is 474 g/mol. The lowest BCUT2D eigenvalue weighted by atomic mass is 9.88. The van der Waals surface area contributed by atoms with Crippen molar-refractivity contribution in [2.75, 3.05) is 11.1 Å². The van der Waals surface area contributed by atoms with Crippen molar-refractivity contribution >= 4 is 46.3 Å². The quantitative estimate of drug-likeness (QED) is 0.419. The molecule has 1 aliphatic carbocycles. The Morgan fingerprint density at radius 1 is 1.39 bits per heavy atom. The molecule has 2 aromatic heterocycles. The molecule has 164 valence electrons. The number of aromatic nitrogens is 3. The molecule has 1 atom stereocenters. The fourth-order valence-corrected chi connectivity index (χ4v) is 6.22. The number of thiophene rings is 1. The summed E-state index contributed by atoms with van der Waals surface area (Å²) < 4.78 is 2.16. The molecule has 1 unspecified atom stereocenters. The Bertz CT molecular complexity index is 1110. The van der Waals surface area contributed by atoms with E-state index in [-0.39, 0.29) is 17.7 Å². The highest BCUT2D eigenvalue weighted by Crippen LogP contribution is 2.39. The smallest absolute Gasteiger partial charge is 0.234 e. The summed E-state index contributed by atoms with van der Waals surface area (Å²) in [5.74, 6) is 1.83. The van der Waals surface area contributed by atoms with Crippen LogP contribution in [0.15, 0.2) is 28.7 Å². The van der Waals surface area contributed by atoms with E-state index in [1.807, 2.05) is 30.4 Å². The Morgan fingerprint density at radius 3 is 2.97 bits per heavy atom. The van der Waals surface area contributed by atoms with Crippen LogP contribution in [0.3, 0.4) is 0 Å². The van der Waals surface area contributed by atoms with Crippen molar-refractivity contribution in [1.82, 2.24) is 14.8 Å². The number of fused-ring (bicyclic) bond motifs is 1. The minimum absolute atomic E-state index is 0.0860. The van der Waals surface area contributed by atoms with Gasteiger partial charge in [-0.25, -0.2) is 0 Å². The molecule has 0 radical (unpaired) electrons. The van der Waals surface area contributed by atoms with Gasteiger partial charge < -0.3 is 5.32 Å². The first-order valence-corrected chi connectivity index (χ1v) is 12.8. The number of nitrogens with zero attached hydrogens (tertiary/aromatic N) is 3. The molecule has 0 saturated heterocycles. The molecule has 3 aromatic rings. The van der Waals surface area contributed by atoms with Crippen LogP contribution in [0.5, 0.6) is 0 Å². The van der Waals surface area contributed by atoms with Gasteiger partial charge in [0, 0.05) is 32.6 Å². The normalized spacial score (nSPS) is 15.9. The molecule has 0 bridgehead atoms. The zero-order chi connectivity index (χ0) is 22.1. The van der Waals surface area contributed by atoms with Gasteiger partial charge in [0.25, 0.3) is 0 Å². The van der Waals surface area contributed by atoms with Gasteiger partial charge in [0.1, 0.15) is 0 Å². The lowest BCUT2D eigenvalue weighted by Gasteiger charge is -2.19. The van der Waals surface area contributed by atoms with Crippen molar-refractivity contribution in [1.29, 1.82) is 0 Å². The first-order valence-electron chi connectivity index (χ1n) is 10.6. The molecule has 1 N–H and O–H groups in total. The zero-order valence-corrected chi connectivity index (χ0v) is 20.6. The number of carbonyl (C=O) groups is 1. The second kappa shape index (κ2) is 9.35. The number of amides is 1. The number of thioether (sulfide) groups is 1. The standard InChI is InChI=1S/C23H27ClN4OS2/c1-13(2)28-22(18-11-30-20-9-14(3)5-8-17(18)20)26-27-23(28)31-12-21(29)25-19-10-16(24)7-6-15(19)4/h6-7,10-11,13-14H,5,8-9,12H2,1-4H3,(H,25,29). The van der Waals surface area contributed by atoms with E-state index in [1.165, 1.54) is 34.2 Å². The Balaban J connectivity index is 1.52. The summed E-state index contributed by atoms with van der Waals surface area (Å²) in [5, 5.41) is 15.5. The molecule has 1 aromatic carbocycles. The third kappa shape index (κ3) is 4.83. The molecule has 5 nitrogen and oxygen atoms in total. The van der Waals surface area contributed by atoms with Crippen molar-refractivity contribution in [3.05, 3.63) is 44.6 Å². The van der Waals surface area contributed by atoms with Gasteiger partial charge in [-0.3, -0.25) is 9.36 Å². The van der Waals surface area contributed by atoms with Crippen molar-refractivity contribution in [3.8, 4) is 11.4 Å². The summed E-state index contributed by atoms with van der Waals surface area (Å²) in [5.41, 5.74) is 4.36.